The number of ether oxygens (including phenoxy) is 2. The van der Waals surface area contributed by atoms with Crippen molar-refractivity contribution in [2.24, 2.45) is 5.41 Å². The Labute approximate surface area is 134 Å². The highest BCUT2D eigenvalue weighted by Crippen LogP contribution is 2.26. The molecule has 0 spiro atoms. The summed E-state index contributed by atoms with van der Waals surface area (Å²) in [5.74, 6) is -1.13. The second-order valence-electron chi connectivity index (χ2n) is 7.35. The lowest BCUT2D eigenvalue weighted by Crippen LogP contribution is -2.53. The number of rotatable bonds is 8. The Bertz CT molecular complexity index is 354. The molecule has 130 valence electrons. The number of hydrogen-bond acceptors (Lipinski definition) is 4. The summed E-state index contributed by atoms with van der Waals surface area (Å²) in [6.45, 7) is 11.7. The van der Waals surface area contributed by atoms with Crippen molar-refractivity contribution in [3.8, 4) is 0 Å². The first-order chi connectivity index (χ1) is 10.0. The summed E-state index contributed by atoms with van der Waals surface area (Å²) >= 11 is 0. The standard InChI is InChI=1S/C16H32N2O4/c1-15(2,3)12-16(4,5)17-13(19)14(20)18(8-10-21-6)9-11-22-7/h8-12H2,1-7H3,(H,17,19). The van der Waals surface area contributed by atoms with Gasteiger partial charge in [0.15, 0.2) is 0 Å². The fraction of sp³-hybridized carbons (Fsp3) is 0.875. The van der Waals surface area contributed by atoms with Crippen LogP contribution in [0, 0.1) is 5.41 Å². The molecule has 0 heterocycles. The molecule has 22 heavy (non-hydrogen) atoms. The second kappa shape index (κ2) is 9.10. The van der Waals surface area contributed by atoms with E-state index in [0.717, 1.165) is 6.42 Å². The van der Waals surface area contributed by atoms with E-state index in [1.54, 1.807) is 14.2 Å². The van der Waals surface area contributed by atoms with Gasteiger partial charge in [-0.15, -0.1) is 0 Å². The van der Waals surface area contributed by atoms with E-state index in [1.165, 1.54) is 4.90 Å². The number of carbonyl (C=O) groups is 2. The minimum absolute atomic E-state index is 0.0611. The van der Waals surface area contributed by atoms with Gasteiger partial charge in [0.2, 0.25) is 0 Å². The van der Waals surface area contributed by atoms with E-state index in [9.17, 15) is 9.59 Å². The summed E-state index contributed by atoms with van der Waals surface area (Å²) in [5.41, 5.74) is -0.384. The van der Waals surface area contributed by atoms with E-state index in [1.807, 2.05) is 13.8 Å². The third kappa shape index (κ3) is 9.00. The Morgan fingerprint density at radius 1 is 0.955 bits per heavy atom. The predicted octanol–water partition coefficient (Wildman–Crippen LogP) is 1.44. The highest BCUT2D eigenvalue weighted by Gasteiger charge is 2.30. The molecule has 1 N–H and O–H groups in total. The van der Waals surface area contributed by atoms with Gasteiger partial charge in [-0.3, -0.25) is 9.59 Å². The molecule has 6 heteroatoms. The zero-order chi connectivity index (χ0) is 17.4. The molecule has 0 aliphatic carbocycles. The lowest BCUT2D eigenvalue weighted by molar-refractivity contribution is -0.147. The maximum absolute atomic E-state index is 12.3. The van der Waals surface area contributed by atoms with Crippen LogP contribution in [0.15, 0.2) is 0 Å². The van der Waals surface area contributed by atoms with Gasteiger partial charge < -0.3 is 19.7 Å². The monoisotopic (exact) mass is 316 g/mol. The fourth-order valence-corrected chi connectivity index (χ4v) is 2.59. The van der Waals surface area contributed by atoms with Crippen molar-refractivity contribution in [2.75, 3.05) is 40.5 Å². The predicted molar refractivity (Wildman–Crippen MR) is 86.6 cm³/mol. The molecule has 6 nitrogen and oxygen atoms in total. The van der Waals surface area contributed by atoms with E-state index in [4.69, 9.17) is 9.47 Å². The molecule has 0 rings (SSSR count). The number of hydrogen-bond donors (Lipinski definition) is 1. The lowest BCUT2D eigenvalue weighted by atomic mass is 9.82. The maximum atomic E-state index is 12.3. The smallest absolute Gasteiger partial charge is 0.312 e. The molecule has 0 atom stereocenters. The van der Waals surface area contributed by atoms with Crippen LogP contribution in [0.4, 0.5) is 0 Å². The molecule has 0 bridgehead atoms. The highest BCUT2D eigenvalue weighted by atomic mass is 16.5. The molecule has 0 aliphatic heterocycles. The zero-order valence-corrected chi connectivity index (χ0v) is 15.1. The van der Waals surface area contributed by atoms with Crippen molar-refractivity contribution in [3.05, 3.63) is 0 Å². The summed E-state index contributed by atoms with van der Waals surface area (Å²) in [6, 6.07) is 0. The van der Waals surface area contributed by atoms with Gasteiger partial charge in [0, 0.05) is 32.8 Å². The van der Waals surface area contributed by atoms with Gasteiger partial charge in [-0.05, 0) is 25.7 Å². The number of carbonyl (C=O) groups excluding carboxylic acids is 2. The van der Waals surface area contributed by atoms with Crippen LogP contribution < -0.4 is 5.32 Å². The van der Waals surface area contributed by atoms with Crippen LogP contribution in [-0.4, -0.2) is 62.8 Å². The van der Waals surface area contributed by atoms with Crippen LogP contribution >= 0.6 is 0 Å². The largest absolute Gasteiger partial charge is 0.383 e. The Morgan fingerprint density at radius 2 is 1.41 bits per heavy atom. The van der Waals surface area contributed by atoms with Crippen LogP contribution in [0.2, 0.25) is 0 Å². The second-order valence-corrected chi connectivity index (χ2v) is 7.35. The molecule has 0 saturated heterocycles. The van der Waals surface area contributed by atoms with E-state index >= 15 is 0 Å². The number of methoxy groups -OCH3 is 2. The molecular weight excluding hydrogens is 284 g/mol. The van der Waals surface area contributed by atoms with Crippen LogP contribution in [0.1, 0.15) is 41.0 Å². The molecule has 0 saturated carbocycles. The molecule has 0 radical (unpaired) electrons. The van der Waals surface area contributed by atoms with E-state index in [0.29, 0.717) is 26.3 Å². The number of nitrogens with one attached hydrogen (secondary N) is 1. The highest BCUT2D eigenvalue weighted by molar-refractivity contribution is 6.35. The average molecular weight is 316 g/mol. The minimum atomic E-state index is -0.582. The van der Waals surface area contributed by atoms with E-state index < -0.39 is 17.4 Å². The zero-order valence-electron chi connectivity index (χ0n) is 15.1. The van der Waals surface area contributed by atoms with Gasteiger partial charge >= 0.3 is 11.8 Å². The molecule has 0 unspecified atom stereocenters. The van der Waals surface area contributed by atoms with Crippen molar-refractivity contribution in [1.82, 2.24) is 10.2 Å². The lowest BCUT2D eigenvalue weighted by Gasteiger charge is -2.33. The third-order valence-electron chi connectivity index (χ3n) is 3.04. The van der Waals surface area contributed by atoms with Gasteiger partial charge in [-0.2, -0.15) is 0 Å². The quantitative estimate of drug-likeness (QED) is 0.688. The Kier molecular flexibility index (Phi) is 8.63. The van der Waals surface area contributed by atoms with E-state index in [-0.39, 0.29) is 5.41 Å². The van der Waals surface area contributed by atoms with Crippen molar-refractivity contribution in [2.45, 2.75) is 46.6 Å². The van der Waals surface area contributed by atoms with E-state index in [2.05, 4.69) is 26.1 Å². The Balaban J connectivity index is 4.73. The molecule has 0 aromatic heterocycles. The first-order valence-electron chi connectivity index (χ1n) is 7.62. The SMILES string of the molecule is COCCN(CCOC)C(=O)C(=O)NC(C)(C)CC(C)(C)C. The first-order valence-corrected chi connectivity index (χ1v) is 7.62. The van der Waals surface area contributed by atoms with Crippen LogP contribution in [0.25, 0.3) is 0 Å². The van der Waals surface area contributed by atoms with Crippen LogP contribution in [0.5, 0.6) is 0 Å². The Morgan fingerprint density at radius 3 is 1.77 bits per heavy atom. The molecule has 0 aromatic carbocycles. The minimum Gasteiger partial charge on any atom is -0.383 e. The summed E-state index contributed by atoms with van der Waals surface area (Å²) in [4.78, 5) is 26.0. The van der Waals surface area contributed by atoms with Crippen molar-refractivity contribution >= 4 is 11.8 Å². The van der Waals surface area contributed by atoms with Crippen molar-refractivity contribution < 1.29 is 19.1 Å². The normalized spacial score (nSPS) is 12.1. The molecular formula is C16H32N2O4. The van der Waals surface area contributed by atoms with Gasteiger partial charge in [0.25, 0.3) is 0 Å². The van der Waals surface area contributed by atoms with Crippen molar-refractivity contribution in [1.29, 1.82) is 0 Å². The van der Waals surface area contributed by atoms with Gasteiger partial charge in [0.1, 0.15) is 0 Å². The molecule has 0 aromatic rings. The first kappa shape index (κ1) is 20.9. The van der Waals surface area contributed by atoms with Crippen LogP contribution in [-0.2, 0) is 19.1 Å². The maximum Gasteiger partial charge on any atom is 0.312 e. The summed E-state index contributed by atoms with van der Waals surface area (Å²) in [6.07, 6.45) is 0.773. The summed E-state index contributed by atoms with van der Waals surface area (Å²) in [5, 5.41) is 2.83. The number of nitrogens with zero attached hydrogens (tertiary/aromatic N) is 1. The van der Waals surface area contributed by atoms with Crippen molar-refractivity contribution in [3.63, 3.8) is 0 Å². The van der Waals surface area contributed by atoms with Gasteiger partial charge in [0.05, 0.1) is 13.2 Å². The molecule has 0 aliphatic rings. The fourth-order valence-electron chi connectivity index (χ4n) is 2.59. The molecule has 2 amide bonds. The summed E-state index contributed by atoms with van der Waals surface area (Å²) < 4.78 is 9.97. The average Bonchev–Trinajstić information content (AvgIpc) is 2.34. The third-order valence-corrected chi connectivity index (χ3v) is 3.04. The molecule has 0 fully saturated rings. The topological polar surface area (TPSA) is 67.9 Å². The van der Waals surface area contributed by atoms with Gasteiger partial charge in [-0.25, -0.2) is 0 Å². The van der Waals surface area contributed by atoms with Gasteiger partial charge in [-0.1, -0.05) is 20.8 Å². The Hall–Kier alpha value is -1.14. The van der Waals surface area contributed by atoms with Crippen LogP contribution in [0.3, 0.4) is 0 Å². The summed E-state index contributed by atoms with van der Waals surface area (Å²) in [7, 11) is 3.12. The number of amides is 2.